The Morgan fingerprint density at radius 2 is 2.04 bits per heavy atom. The van der Waals surface area contributed by atoms with Crippen molar-refractivity contribution in [1.29, 1.82) is 0 Å². The molecule has 0 radical (unpaired) electrons. The fraction of sp³-hybridized carbons (Fsp3) is 0.118. The van der Waals surface area contributed by atoms with E-state index in [4.69, 9.17) is 11.6 Å². The summed E-state index contributed by atoms with van der Waals surface area (Å²) in [5.74, 6) is -1.27. The summed E-state index contributed by atoms with van der Waals surface area (Å²) < 4.78 is 13.9. The summed E-state index contributed by atoms with van der Waals surface area (Å²) >= 11 is 5.85. The fourth-order valence-electron chi connectivity index (χ4n) is 2.39. The van der Waals surface area contributed by atoms with Crippen molar-refractivity contribution in [2.75, 3.05) is 0 Å². The molecule has 0 spiro atoms. The Hall–Kier alpha value is -2.73. The van der Waals surface area contributed by atoms with Gasteiger partial charge >= 0.3 is 0 Å². The van der Waals surface area contributed by atoms with Crippen LogP contribution in [-0.2, 0) is 4.79 Å². The van der Waals surface area contributed by atoms with Crippen LogP contribution >= 0.6 is 11.6 Å². The van der Waals surface area contributed by atoms with E-state index in [1.807, 2.05) is 0 Å². The summed E-state index contributed by atoms with van der Waals surface area (Å²) in [4.78, 5) is 28.3. The molecular formula is C17H13ClFN3O2. The molecule has 0 saturated carbocycles. The van der Waals surface area contributed by atoms with Crippen LogP contribution in [0.1, 0.15) is 28.4 Å². The summed E-state index contributed by atoms with van der Waals surface area (Å²) in [6.45, 7) is 0. The Kier molecular flexibility index (Phi) is 4.57. The molecule has 3 rings (SSSR count). The number of benzene rings is 2. The molecule has 7 heteroatoms. The van der Waals surface area contributed by atoms with Crippen molar-refractivity contribution in [2.24, 2.45) is 4.99 Å². The molecule has 2 aromatic carbocycles. The first-order chi connectivity index (χ1) is 11.5. The molecule has 24 heavy (non-hydrogen) atoms. The zero-order chi connectivity index (χ0) is 17.1. The second kappa shape index (κ2) is 6.80. The predicted molar refractivity (Wildman–Crippen MR) is 88.3 cm³/mol. The van der Waals surface area contributed by atoms with E-state index in [1.165, 1.54) is 12.1 Å². The van der Waals surface area contributed by atoms with Crippen molar-refractivity contribution in [1.82, 2.24) is 10.6 Å². The maximum atomic E-state index is 13.9. The molecule has 0 bridgehead atoms. The average molecular weight is 346 g/mol. The molecule has 0 fully saturated rings. The number of rotatable bonds is 2. The lowest BCUT2D eigenvalue weighted by atomic mass is 10.0. The molecule has 2 aromatic rings. The van der Waals surface area contributed by atoms with Crippen molar-refractivity contribution in [3.8, 4) is 0 Å². The molecule has 0 saturated heterocycles. The lowest BCUT2D eigenvalue weighted by molar-refractivity contribution is -0.120. The van der Waals surface area contributed by atoms with Crippen LogP contribution in [-0.4, -0.2) is 17.8 Å². The zero-order valence-corrected chi connectivity index (χ0v) is 13.2. The number of hydrogen-bond donors (Lipinski definition) is 2. The van der Waals surface area contributed by atoms with Crippen LogP contribution in [0.15, 0.2) is 53.5 Å². The first-order valence-corrected chi connectivity index (χ1v) is 7.60. The Morgan fingerprint density at radius 1 is 1.25 bits per heavy atom. The van der Waals surface area contributed by atoms with Crippen molar-refractivity contribution >= 4 is 29.4 Å². The van der Waals surface area contributed by atoms with Gasteiger partial charge in [0.1, 0.15) is 5.82 Å². The summed E-state index contributed by atoms with van der Waals surface area (Å²) in [5.41, 5.74) is 0.634. The molecule has 5 nitrogen and oxygen atoms in total. The molecule has 0 unspecified atom stereocenters. The van der Waals surface area contributed by atoms with E-state index in [2.05, 4.69) is 15.6 Å². The predicted octanol–water partition coefficient (Wildman–Crippen LogP) is 2.83. The smallest absolute Gasteiger partial charge is 0.258 e. The van der Waals surface area contributed by atoms with E-state index in [9.17, 15) is 14.0 Å². The molecule has 1 heterocycles. The molecule has 1 aliphatic heterocycles. The third-order valence-electron chi connectivity index (χ3n) is 3.50. The summed E-state index contributed by atoms with van der Waals surface area (Å²) in [5, 5.41) is 5.40. The maximum absolute atomic E-state index is 13.9. The molecule has 1 aliphatic rings. The van der Waals surface area contributed by atoms with Gasteiger partial charge in [-0.15, -0.1) is 0 Å². The largest absolute Gasteiger partial charge is 0.296 e. The van der Waals surface area contributed by atoms with Gasteiger partial charge in [0.15, 0.2) is 0 Å². The van der Waals surface area contributed by atoms with E-state index >= 15 is 0 Å². The fourth-order valence-corrected chi connectivity index (χ4v) is 2.58. The van der Waals surface area contributed by atoms with Crippen molar-refractivity contribution in [3.05, 3.63) is 70.5 Å². The highest BCUT2D eigenvalue weighted by Crippen LogP contribution is 2.25. The Balaban J connectivity index is 1.83. The summed E-state index contributed by atoms with van der Waals surface area (Å²) in [7, 11) is 0. The van der Waals surface area contributed by atoms with Crippen LogP contribution in [0.5, 0.6) is 0 Å². The number of carbonyl (C=O) groups is 2. The van der Waals surface area contributed by atoms with Crippen molar-refractivity contribution in [3.63, 3.8) is 0 Å². The summed E-state index contributed by atoms with van der Waals surface area (Å²) in [6.07, 6.45) is 0.0114. The van der Waals surface area contributed by atoms with E-state index in [1.54, 1.807) is 36.4 Å². The van der Waals surface area contributed by atoms with E-state index < -0.39 is 17.8 Å². The summed E-state index contributed by atoms with van der Waals surface area (Å²) in [6, 6.07) is 11.8. The molecule has 2 N–H and O–H groups in total. The number of carbonyl (C=O) groups excluding carboxylic acids is 2. The van der Waals surface area contributed by atoms with Gasteiger partial charge in [-0.1, -0.05) is 35.9 Å². The van der Waals surface area contributed by atoms with Gasteiger partial charge in [0.25, 0.3) is 5.91 Å². The van der Waals surface area contributed by atoms with Gasteiger partial charge in [-0.3, -0.25) is 20.2 Å². The molecular weight excluding hydrogens is 333 g/mol. The van der Waals surface area contributed by atoms with E-state index in [0.717, 1.165) is 0 Å². The second-order valence-corrected chi connectivity index (χ2v) is 5.67. The van der Waals surface area contributed by atoms with Gasteiger partial charge in [0, 0.05) is 16.1 Å². The number of hydrogen-bond acceptors (Lipinski definition) is 3. The SMILES string of the molecule is O=C1C[C@@H](c2ccccc2F)N=C(NC(=O)c2cccc(Cl)c2)N1. The lowest BCUT2D eigenvalue weighted by Crippen LogP contribution is -2.47. The van der Waals surface area contributed by atoms with Gasteiger partial charge in [-0.2, -0.15) is 0 Å². The van der Waals surface area contributed by atoms with Gasteiger partial charge in [0.2, 0.25) is 11.9 Å². The quantitative estimate of drug-likeness (QED) is 0.878. The van der Waals surface area contributed by atoms with Crippen LogP contribution in [0.2, 0.25) is 5.02 Å². The van der Waals surface area contributed by atoms with Gasteiger partial charge in [-0.25, -0.2) is 9.38 Å². The second-order valence-electron chi connectivity index (χ2n) is 5.23. The van der Waals surface area contributed by atoms with E-state index in [-0.39, 0.29) is 18.3 Å². The molecule has 0 aromatic heterocycles. The lowest BCUT2D eigenvalue weighted by Gasteiger charge is -2.21. The van der Waals surface area contributed by atoms with Crippen LogP contribution in [0.4, 0.5) is 4.39 Å². The standard InChI is InChI=1S/C17H13ClFN3O2/c18-11-5-3-4-10(8-11)16(24)22-17-20-14(9-15(23)21-17)12-6-1-2-7-13(12)19/h1-8,14H,9H2,(H2,20,21,22,23,24)/t14-/m0/s1. The average Bonchev–Trinajstić information content (AvgIpc) is 2.54. The van der Waals surface area contributed by atoms with Crippen LogP contribution in [0.25, 0.3) is 0 Å². The number of amides is 2. The van der Waals surface area contributed by atoms with Crippen molar-refractivity contribution < 1.29 is 14.0 Å². The first-order valence-electron chi connectivity index (χ1n) is 7.22. The third-order valence-corrected chi connectivity index (χ3v) is 3.74. The first kappa shape index (κ1) is 16.1. The minimum absolute atomic E-state index is 0.00974. The van der Waals surface area contributed by atoms with Gasteiger partial charge < -0.3 is 0 Å². The monoisotopic (exact) mass is 345 g/mol. The zero-order valence-electron chi connectivity index (χ0n) is 12.4. The number of nitrogens with zero attached hydrogens (tertiary/aromatic N) is 1. The van der Waals surface area contributed by atoms with Gasteiger partial charge in [0.05, 0.1) is 12.5 Å². The van der Waals surface area contributed by atoms with Gasteiger partial charge in [-0.05, 0) is 24.3 Å². The molecule has 1 atom stereocenters. The van der Waals surface area contributed by atoms with Crippen LogP contribution in [0.3, 0.4) is 0 Å². The van der Waals surface area contributed by atoms with Crippen LogP contribution in [0, 0.1) is 5.82 Å². The minimum atomic E-state index is -0.686. The topological polar surface area (TPSA) is 70.6 Å². The Bertz CT molecular complexity index is 838. The molecule has 0 aliphatic carbocycles. The highest BCUT2D eigenvalue weighted by molar-refractivity contribution is 6.31. The number of guanidine groups is 1. The highest BCUT2D eigenvalue weighted by atomic mass is 35.5. The Morgan fingerprint density at radius 3 is 2.79 bits per heavy atom. The Labute approximate surface area is 142 Å². The number of halogens is 2. The molecule has 122 valence electrons. The van der Waals surface area contributed by atoms with Crippen LogP contribution < -0.4 is 10.6 Å². The number of aliphatic imine (C=N–C) groups is 1. The normalized spacial score (nSPS) is 17.0. The number of nitrogens with one attached hydrogen (secondary N) is 2. The third kappa shape index (κ3) is 3.60. The minimum Gasteiger partial charge on any atom is -0.296 e. The van der Waals surface area contributed by atoms with E-state index in [0.29, 0.717) is 16.1 Å². The molecule has 2 amide bonds. The highest BCUT2D eigenvalue weighted by Gasteiger charge is 2.25. The van der Waals surface area contributed by atoms with Crippen molar-refractivity contribution in [2.45, 2.75) is 12.5 Å². The maximum Gasteiger partial charge on any atom is 0.258 e.